The minimum Gasteiger partial charge on any atom is -0.406 e. The Kier molecular flexibility index (Phi) is 6.45. The number of hydrogen-bond acceptors (Lipinski definition) is 4. The standard InChI is InChI=1S/C17H17F3N2O4S/c1-12(13-5-3-2-4-6-13)22-16(23)11-21-27(24,25)15-9-7-14(8-10-15)26-17(18,19)20/h2-10,12,21H,11H2,1H3,(H,22,23)/t12-/m1/s1. The van der Waals surface area contributed by atoms with Gasteiger partial charge in [-0.25, -0.2) is 13.1 Å². The Morgan fingerprint density at radius 1 is 1.07 bits per heavy atom. The monoisotopic (exact) mass is 402 g/mol. The third-order valence-corrected chi connectivity index (χ3v) is 4.88. The normalized spacial score (nSPS) is 13.0. The van der Waals surface area contributed by atoms with Crippen LogP contribution in [0.1, 0.15) is 18.5 Å². The Labute approximate surface area is 154 Å². The zero-order valence-corrected chi connectivity index (χ0v) is 15.0. The van der Waals surface area contributed by atoms with Crippen LogP contribution < -0.4 is 14.8 Å². The first-order valence-electron chi connectivity index (χ1n) is 7.76. The maximum atomic E-state index is 12.1. The first-order valence-corrected chi connectivity index (χ1v) is 9.25. The van der Waals surface area contributed by atoms with E-state index in [0.717, 1.165) is 29.8 Å². The topological polar surface area (TPSA) is 84.5 Å². The van der Waals surface area contributed by atoms with Crippen molar-refractivity contribution in [1.29, 1.82) is 0 Å². The van der Waals surface area contributed by atoms with Gasteiger partial charge in [-0.2, -0.15) is 0 Å². The second-order valence-corrected chi connectivity index (χ2v) is 7.31. The molecule has 2 aromatic rings. The molecule has 0 radical (unpaired) electrons. The van der Waals surface area contributed by atoms with Crippen molar-refractivity contribution in [3.63, 3.8) is 0 Å². The average Bonchev–Trinajstić information content (AvgIpc) is 2.60. The highest BCUT2D eigenvalue weighted by Crippen LogP contribution is 2.23. The number of hydrogen-bond donors (Lipinski definition) is 2. The van der Waals surface area contributed by atoms with Crippen LogP contribution in [-0.2, 0) is 14.8 Å². The summed E-state index contributed by atoms with van der Waals surface area (Å²) in [5.74, 6) is -1.09. The minimum atomic E-state index is -4.87. The highest BCUT2D eigenvalue weighted by atomic mass is 32.2. The third-order valence-electron chi connectivity index (χ3n) is 3.47. The van der Waals surface area contributed by atoms with Crippen molar-refractivity contribution in [2.45, 2.75) is 24.2 Å². The molecule has 2 N–H and O–H groups in total. The summed E-state index contributed by atoms with van der Waals surface area (Å²) in [6.45, 7) is 1.24. The summed E-state index contributed by atoms with van der Waals surface area (Å²) in [5, 5.41) is 2.64. The van der Waals surface area contributed by atoms with Crippen LogP contribution in [0.25, 0.3) is 0 Å². The Morgan fingerprint density at radius 3 is 2.22 bits per heavy atom. The lowest BCUT2D eigenvalue weighted by molar-refractivity contribution is -0.274. The molecule has 0 aliphatic carbocycles. The second kappa shape index (κ2) is 8.40. The van der Waals surface area contributed by atoms with Gasteiger partial charge in [0.1, 0.15) is 5.75 Å². The van der Waals surface area contributed by atoms with Gasteiger partial charge in [0.25, 0.3) is 0 Å². The van der Waals surface area contributed by atoms with E-state index in [9.17, 15) is 26.4 Å². The van der Waals surface area contributed by atoms with E-state index in [1.807, 2.05) is 30.3 Å². The van der Waals surface area contributed by atoms with E-state index in [4.69, 9.17) is 0 Å². The smallest absolute Gasteiger partial charge is 0.406 e. The molecule has 2 aromatic carbocycles. The predicted molar refractivity (Wildman–Crippen MR) is 91.3 cm³/mol. The maximum absolute atomic E-state index is 12.1. The van der Waals surface area contributed by atoms with Gasteiger partial charge in [0.2, 0.25) is 15.9 Å². The Balaban J connectivity index is 1.93. The van der Waals surface area contributed by atoms with Gasteiger partial charge in [0.05, 0.1) is 17.5 Å². The van der Waals surface area contributed by atoms with Crippen LogP contribution >= 0.6 is 0 Å². The number of nitrogens with one attached hydrogen (secondary N) is 2. The minimum absolute atomic E-state index is 0.291. The quantitative estimate of drug-likeness (QED) is 0.746. The van der Waals surface area contributed by atoms with Gasteiger partial charge in [-0.3, -0.25) is 4.79 Å². The average molecular weight is 402 g/mol. The number of amides is 1. The van der Waals surface area contributed by atoms with E-state index in [1.54, 1.807) is 6.92 Å². The number of rotatable bonds is 7. The molecular formula is C17H17F3N2O4S. The fraction of sp³-hybridized carbons (Fsp3) is 0.235. The maximum Gasteiger partial charge on any atom is 0.573 e. The third kappa shape index (κ3) is 6.57. The Hall–Kier alpha value is -2.59. The molecule has 0 heterocycles. The molecule has 27 heavy (non-hydrogen) atoms. The second-order valence-electron chi connectivity index (χ2n) is 5.54. The molecule has 2 rings (SSSR count). The van der Waals surface area contributed by atoms with Crippen LogP contribution in [0.2, 0.25) is 0 Å². The Morgan fingerprint density at radius 2 is 1.67 bits per heavy atom. The van der Waals surface area contributed by atoms with Crippen LogP contribution in [-0.4, -0.2) is 27.2 Å². The number of ether oxygens (including phenoxy) is 1. The number of carbonyl (C=O) groups excluding carboxylic acids is 1. The molecule has 10 heteroatoms. The van der Waals surface area contributed by atoms with E-state index in [0.29, 0.717) is 0 Å². The molecule has 146 valence electrons. The van der Waals surface area contributed by atoms with E-state index < -0.39 is 34.6 Å². The van der Waals surface area contributed by atoms with Gasteiger partial charge < -0.3 is 10.1 Å². The predicted octanol–water partition coefficient (Wildman–Crippen LogP) is 2.74. The first kappa shape index (κ1) is 20.7. The van der Waals surface area contributed by atoms with Crippen LogP contribution in [0.5, 0.6) is 5.75 Å². The molecule has 0 spiro atoms. The molecule has 0 saturated carbocycles. The van der Waals surface area contributed by atoms with Crippen molar-refractivity contribution in [3.8, 4) is 5.75 Å². The fourth-order valence-electron chi connectivity index (χ4n) is 2.18. The Bertz CT molecular complexity index is 869. The van der Waals surface area contributed by atoms with Gasteiger partial charge in [-0.05, 0) is 36.8 Å². The fourth-order valence-corrected chi connectivity index (χ4v) is 3.16. The molecule has 0 aliphatic rings. The summed E-state index contributed by atoms with van der Waals surface area (Å²) in [7, 11) is -4.06. The van der Waals surface area contributed by atoms with Gasteiger partial charge >= 0.3 is 6.36 Å². The molecular weight excluding hydrogens is 385 g/mol. The summed E-state index contributed by atoms with van der Waals surface area (Å²) in [5.41, 5.74) is 0.856. The van der Waals surface area contributed by atoms with E-state index in [-0.39, 0.29) is 10.9 Å². The van der Waals surface area contributed by atoms with Crippen molar-refractivity contribution in [2.75, 3.05) is 6.54 Å². The molecule has 1 amide bonds. The molecule has 6 nitrogen and oxygen atoms in total. The van der Waals surface area contributed by atoms with Gasteiger partial charge in [-0.15, -0.1) is 13.2 Å². The van der Waals surface area contributed by atoms with E-state index >= 15 is 0 Å². The number of halogens is 3. The van der Waals surface area contributed by atoms with Crippen LogP contribution in [0, 0.1) is 0 Å². The van der Waals surface area contributed by atoms with Crippen molar-refractivity contribution in [1.82, 2.24) is 10.0 Å². The molecule has 0 aliphatic heterocycles. The highest BCUT2D eigenvalue weighted by Gasteiger charge is 2.31. The largest absolute Gasteiger partial charge is 0.573 e. The summed E-state index contributed by atoms with van der Waals surface area (Å²) in [6, 6.07) is 12.4. The van der Waals surface area contributed by atoms with Crippen LogP contribution in [0.15, 0.2) is 59.5 Å². The molecule has 1 atom stereocenters. The number of benzene rings is 2. The van der Waals surface area contributed by atoms with Crippen molar-refractivity contribution in [2.24, 2.45) is 0 Å². The summed E-state index contributed by atoms with van der Waals surface area (Å²) >= 11 is 0. The molecule has 0 bridgehead atoms. The van der Waals surface area contributed by atoms with Crippen LogP contribution in [0.4, 0.5) is 13.2 Å². The zero-order valence-electron chi connectivity index (χ0n) is 14.2. The van der Waals surface area contributed by atoms with Crippen LogP contribution in [0.3, 0.4) is 0 Å². The molecule has 0 saturated heterocycles. The zero-order chi connectivity index (χ0) is 20.1. The lowest BCUT2D eigenvalue weighted by Crippen LogP contribution is -2.38. The number of sulfonamides is 1. The molecule has 0 aromatic heterocycles. The summed E-state index contributed by atoms with van der Waals surface area (Å²) in [6.07, 6.45) is -4.87. The number of alkyl halides is 3. The van der Waals surface area contributed by atoms with Crippen molar-refractivity contribution < 1.29 is 31.1 Å². The van der Waals surface area contributed by atoms with Crippen molar-refractivity contribution >= 4 is 15.9 Å². The van der Waals surface area contributed by atoms with E-state index in [1.165, 1.54) is 0 Å². The van der Waals surface area contributed by atoms with E-state index in [2.05, 4.69) is 14.8 Å². The lowest BCUT2D eigenvalue weighted by atomic mass is 10.1. The lowest BCUT2D eigenvalue weighted by Gasteiger charge is -2.15. The van der Waals surface area contributed by atoms with Crippen molar-refractivity contribution in [3.05, 3.63) is 60.2 Å². The highest BCUT2D eigenvalue weighted by molar-refractivity contribution is 7.89. The summed E-state index contributed by atoms with van der Waals surface area (Å²) in [4.78, 5) is 11.6. The SMILES string of the molecule is C[C@@H](NC(=O)CNS(=O)(=O)c1ccc(OC(F)(F)F)cc1)c1ccccc1. The summed E-state index contributed by atoms with van der Waals surface area (Å²) < 4.78 is 66.4. The molecule has 0 fully saturated rings. The first-order chi connectivity index (χ1) is 12.6. The number of carbonyl (C=O) groups is 1. The van der Waals surface area contributed by atoms with Gasteiger partial charge in [0, 0.05) is 0 Å². The molecule has 0 unspecified atom stereocenters. The van der Waals surface area contributed by atoms with Gasteiger partial charge in [-0.1, -0.05) is 30.3 Å². The van der Waals surface area contributed by atoms with Gasteiger partial charge in [0.15, 0.2) is 0 Å².